The van der Waals surface area contributed by atoms with Gasteiger partial charge in [-0.05, 0) is 48.7 Å². The van der Waals surface area contributed by atoms with E-state index in [4.69, 9.17) is 4.74 Å². The number of ether oxygens (including phenoxy) is 1. The van der Waals surface area contributed by atoms with Crippen molar-refractivity contribution in [1.29, 1.82) is 0 Å². The third kappa shape index (κ3) is 3.23. The molecule has 0 aliphatic heterocycles. The van der Waals surface area contributed by atoms with Crippen molar-refractivity contribution in [3.8, 4) is 11.5 Å². The summed E-state index contributed by atoms with van der Waals surface area (Å²) in [6.07, 6.45) is 0. The largest absolute Gasteiger partial charge is 0.454 e. The summed E-state index contributed by atoms with van der Waals surface area (Å²) in [4.78, 5) is 11.2. The van der Waals surface area contributed by atoms with Crippen molar-refractivity contribution in [2.24, 2.45) is 0 Å². The van der Waals surface area contributed by atoms with Gasteiger partial charge >= 0.3 is 0 Å². The van der Waals surface area contributed by atoms with Crippen LogP contribution in [-0.2, 0) is 0 Å². The predicted molar refractivity (Wildman–Crippen MR) is 77.0 cm³/mol. The monoisotopic (exact) mass is 272 g/mol. The number of Topliss-reactive ketones (excluding diaryl/α,β-unsaturated/α-hetero) is 1. The molecule has 2 nitrogen and oxygen atoms in total. The lowest BCUT2D eigenvalue weighted by atomic mass is 10.0. The molecule has 0 heterocycles. The maximum Gasteiger partial charge on any atom is 0.166 e. The average molecular weight is 272 g/mol. The quantitative estimate of drug-likeness (QED) is 0.736. The average Bonchev–Trinajstić information content (AvgIpc) is 2.41. The van der Waals surface area contributed by atoms with Crippen LogP contribution in [-0.4, -0.2) is 5.78 Å². The Bertz CT molecular complexity index is 615. The van der Waals surface area contributed by atoms with Gasteiger partial charge in [0.25, 0.3) is 0 Å². The van der Waals surface area contributed by atoms with Gasteiger partial charge in [0.15, 0.2) is 17.3 Å². The molecule has 104 valence electrons. The molecule has 0 spiro atoms. The summed E-state index contributed by atoms with van der Waals surface area (Å²) >= 11 is 0. The van der Waals surface area contributed by atoms with Gasteiger partial charge in [0, 0.05) is 5.56 Å². The van der Waals surface area contributed by atoms with Crippen LogP contribution in [0.4, 0.5) is 4.39 Å². The molecule has 0 N–H and O–H groups in total. The van der Waals surface area contributed by atoms with Crippen molar-refractivity contribution in [3.63, 3.8) is 0 Å². The summed E-state index contributed by atoms with van der Waals surface area (Å²) in [5, 5.41) is 0. The van der Waals surface area contributed by atoms with E-state index in [0.717, 1.165) is 0 Å². The van der Waals surface area contributed by atoms with Gasteiger partial charge in [-0.2, -0.15) is 0 Å². The summed E-state index contributed by atoms with van der Waals surface area (Å²) in [6.45, 7) is 5.62. The van der Waals surface area contributed by atoms with Crippen LogP contribution in [0.25, 0.3) is 0 Å². The van der Waals surface area contributed by atoms with Crippen LogP contribution >= 0.6 is 0 Å². The fraction of sp³-hybridized carbons (Fsp3) is 0.235. The summed E-state index contributed by atoms with van der Waals surface area (Å²) in [5.74, 6) is 0.425. The molecule has 0 unspecified atom stereocenters. The van der Waals surface area contributed by atoms with Crippen LogP contribution < -0.4 is 4.74 Å². The van der Waals surface area contributed by atoms with E-state index in [1.165, 1.54) is 24.6 Å². The van der Waals surface area contributed by atoms with Crippen LogP contribution in [0.15, 0.2) is 42.5 Å². The zero-order valence-electron chi connectivity index (χ0n) is 11.8. The summed E-state index contributed by atoms with van der Waals surface area (Å²) in [6, 6.07) is 11.8. The summed E-state index contributed by atoms with van der Waals surface area (Å²) < 4.78 is 19.3. The van der Waals surface area contributed by atoms with Crippen LogP contribution in [0.2, 0.25) is 0 Å². The van der Waals surface area contributed by atoms with E-state index in [1.54, 1.807) is 6.07 Å². The van der Waals surface area contributed by atoms with E-state index in [-0.39, 0.29) is 11.5 Å². The van der Waals surface area contributed by atoms with E-state index in [9.17, 15) is 9.18 Å². The third-order valence-corrected chi connectivity index (χ3v) is 3.11. The molecule has 0 saturated heterocycles. The number of carbonyl (C=O) groups excluding carboxylic acids is 1. The molecule has 20 heavy (non-hydrogen) atoms. The number of carbonyl (C=O) groups is 1. The Morgan fingerprint density at radius 1 is 1.10 bits per heavy atom. The van der Waals surface area contributed by atoms with Crippen LogP contribution in [0.3, 0.4) is 0 Å². The van der Waals surface area contributed by atoms with E-state index < -0.39 is 5.82 Å². The van der Waals surface area contributed by atoms with Gasteiger partial charge in [0.2, 0.25) is 0 Å². The standard InChI is InChI=1S/C17H17FO2/c1-11(2)13-4-7-15(8-5-13)20-17-9-6-14(12(3)19)10-16(17)18/h4-11H,1-3H3. The normalized spacial score (nSPS) is 10.7. The lowest BCUT2D eigenvalue weighted by Gasteiger charge is -2.09. The molecule has 2 aromatic carbocycles. The Morgan fingerprint density at radius 2 is 1.75 bits per heavy atom. The van der Waals surface area contributed by atoms with Crippen molar-refractivity contribution in [1.82, 2.24) is 0 Å². The lowest BCUT2D eigenvalue weighted by molar-refractivity contribution is 0.101. The minimum Gasteiger partial charge on any atom is -0.454 e. The van der Waals surface area contributed by atoms with E-state index in [0.29, 0.717) is 17.2 Å². The van der Waals surface area contributed by atoms with Gasteiger partial charge in [-0.15, -0.1) is 0 Å². The molecular formula is C17H17FO2. The number of hydrogen-bond donors (Lipinski definition) is 0. The molecule has 0 fully saturated rings. The zero-order valence-corrected chi connectivity index (χ0v) is 11.8. The van der Waals surface area contributed by atoms with Crippen molar-refractivity contribution in [2.45, 2.75) is 26.7 Å². The number of rotatable bonds is 4. The molecule has 0 aliphatic rings. The second-order valence-corrected chi connectivity index (χ2v) is 5.03. The molecule has 0 aliphatic carbocycles. The van der Waals surface area contributed by atoms with Gasteiger partial charge < -0.3 is 4.74 Å². The fourth-order valence-electron chi connectivity index (χ4n) is 1.85. The molecule has 0 atom stereocenters. The second-order valence-electron chi connectivity index (χ2n) is 5.03. The molecule has 3 heteroatoms. The van der Waals surface area contributed by atoms with Crippen molar-refractivity contribution in [2.75, 3.05) is 0 Å². The first kappa shape index (κ1) is 14.3. The Morgan fingerprint density at radius 3 is 2.25 bits per heavy atom. The van der Waals surface area contributed by atoms with Gasteiger partial charge in [-0.25, -0.2) is 4.39 Å². The topological polar surface area (TPSA) is 26.3 Å². The summed E-state index contributed by atoms with van der Waals surface area (Å²) in [5.41, 5.74) is 1.54. The molecule has 0 saturated carbocycles. The smallest absolute Gasteiger partial charge is 0.166 e. The first-order chi connectivity index (χ1) is 9.47. The minimum absolute atomic E-state index is 0.118. The highest BCUT2D eigenvalue weighted by molar-refractivity contribution is 5.94. The molecule has 0 aromatic heterocycles. The molecule has 0 bridgehead atoms. The van der Waals surface area contributed by atoms with Gasteiger partial charge in [0.1, 0.15) is 5.75 Å². The highest BCUT2D eigenvalue weighted by atomic mass is 19.1. The van der Waals surface area contributed by atoms with Crippen molar-refractivity contribution >= 4 is 5.78 Å². The SMILES string of the molecule is CC(=O)c1ccc(Oc2ccc(C(C)C)cc2)c(F)c1. The predicted octanol–water partition coefficient (Wildman–Crippen LogP) is 4.94. The van der Waals surface area contributed by atoms with Crippen LogP contribution in [0.5, 0.6) is 11.5 Å². The highest BCUT2D eigenvalue weighted by Gasteiger charge is 2.08. The Balaban J connectivity index is 2.19. The highest BCUT2D eigenvalue weighted by Crippen LogP contribution is 2.26. The minimum atomic E-state index is -0.536. The molecule has 0 radical (unpaired) electrons. The Kier molecular flexibility index (Phi) is 4.18. The number of hydrogen-bond acceptors (Lipinski definition) is 2. The van der Waals surface area contributed by atoms with Crippen molar-refractivity contribution in [3.05, 3.63) is 59.4 Å². The number of benzene rings is 2. The number of halogens is 1. The molecule has 2 aromatic rings. The van der Waals surface area contributed by atoms with Crippen LogP contribution in [0.1, 0.15) is 42.6 Å². The molecule has 0 amide bonds. The van der Waals surface area contributed by atoms with Crippen molar-refractivity contribution < 1.29 is 13.9 Å². The Labute approximate surface area is 118 Å². The van der Waals surface area contributed by atoms with E-state index in [2.05, 4.69) is 13.8 Å². The second kappa shape index (κ2) is 5.87. The van der Waals surface area contributed by atoms with E-state index in [1.807, 2.05) is 24.3 Å². The zero-order chi connectivity index (χ0) is 14.7. The first-order valence-electron chi connectivity index (χ1n) is 6.55. The van der Waals surface area contributed by atoms with Gasteiger partial charge in [-0.3, -0.25) is 4.79 Å². The lowest BCUT2D eigenvalue weighted by Crippen LogP contribution is -1.95. The van der Waals surface area contributed by atoms with Crippen LogP contribution in [0, 0.1) is 5.82 Å². The maximum absolute atomic E-state index is 13.8. The van der Waals surface area contributed by atoms with Gasteiger partial charge in [-0.1, -0.05) is 26.0 Å². The number of ketones is 1. The molecule has 2 rings (SSSR count). The fourth-order valence-corrected chi connectivity index (χ4v) is 1.85. The Hall–Kier alpha value is -2.16. The molecular weight excluding hydrogens is 255 g/mol. The van der Waals surface area contributed by atoms with Gasteiger partial charge in [0.05, 0.1) is 0 Å². The third-order valence-electron chi connectivity index (χ3n) is 3.11. The summed E-state index contributed by atoms with van der Waals surface area (Å²) in [7, 11) is 0. The maximum atomic E-state index is 13.8. The van der Waals surface area contributed by atoms with E-state index >= 15 is 0 Å². The first-order valence-corrected chi connectivity index (χ1v) is 6.55.